The molecule has 1 aliphatic heterocycles. The molecule has 3 heterocycles. The minimum atomic E-state index is -0.193. The van der Waals surface area contributed by atoms with Gasteiger partial charge in [-0.25, -0.2) is 4.98 Å². The van der Waals surface area contributed by atoms with Crippen LogP contribution in [0, 0.1) is 6.92 Å². The Morgan fingerprint density at radius 1 is 1.19 bits per heavy atom. The third-order valence-corrected chi connectivity index (χ3v) is 5.66. The number of nitrogens with one attached hydrogen (secondary N) is 2. The van der Waals surface area contributed by atoms with Gasteiger partial charge < -0.3 is 10.3 Å². The Morgan fingerprint density at radius 2 is 1.97 bits per heavy atom. The molecule has 0 bridgehead atoms. The number of aromatic nitrogens is 3. The van der Waals surface area contributed by atoms with Gasteiger partial charge in [-0.1, -0.05) is 30.3 Å². The lowest BCUT2D eigenvalue weighted by Gasteiger charge is -2.17. The fourth-order valence-electron chi connectivity index (χ4n) is 4.03. The predicted octanol–water partition coefficient (Wildman–Crippen LogP) is 2.46. The average Bonchev–Trinajstić information content (AvgIpc) is 3.21. The van der Waals surface area contributed by atoms with Crippen LogP contribution in [0.25, 0.3) is 11.4 Å². The van der Waals surface area contributed by atoms with E-state index in [2.05, 4.69) is 37.3 Å². The highest BCUT2D eigenvalue weighted by Gasteiger charge is 2.24. The number of nitrogens with zero attached hydrogens (tertiary/aromatic N) is 3. The Hall–Kier alpha value is -3.32. The number of rotatable bonds is 7. The van der Waals surface area contributed by atoms with Crippen molar-refractivity contribution in [1.29, 1.82) is 0 Å². The maximum Gasteiger partial charge on any atom is 0.254 e. The fourth-order valence-corrected chi connectivity index (χ4v) is 4.03. The molecule has 31 heavy (non-hydrogen) atoms. The number of benzene rings is 1. The SMILES string of the molecule is Cc1nc(-c2ccncc2)[nH]c(=O)c1CCC(=O)NC1CCN(Cc2ccccc2)C1. The molecule has 3 aromatic rings. The van der Waals surface area contributed by atoms with E-state index in [1.807, 2.05) is 25.1 Å². The Morgan fingerprint density at radius 3 is 2.71 bits per heavy atom. The summed E-state index contributed by atoms with van der Waals surface area (Å²) in [4.78, 5) is 38.7. The van der Waals surface area contributed by atoms with E-state index in [4.69, 9.17) is 0 Å². The van der Waals surface area contributed by atoms with E-state index in [0.717, 1.165) is 31.6 Å². The van der Waals surface area contributed by atoms with Crippen molar-refractivity contribution >= 4 is 5.91 Å². The number of hydrogen-bond donors (Lipinski definition) is 2. The van der Waals surface area contributed by atoms with Gasteiger partial charge >= 0.3 is 0 Å². The molecule has 0 spiro atoms. The summed E-state index contributed by atoms with van der Waals surface area (Å²) < 4.78 is 0. The van der Waals surface area contributed by atoms with Crippen molar-refractivity contribution in [2.24, 2.45) is 0 Å². The summed E-state index contributed by atoms with van der Waals surface area (Å²) >= 11 is 0. The molecule has 7 nitrogen and oxygen atoms in total. The van der Waals surface area contributed by atoms with Crippen LogP contribution in [-0.2, 0) is 17.8 Å². The maximum atomic E-state index is 12.6. The second-order valence-corrected chi connectivity index (χ2v) is 7.99. The molecule has 1 atom stereocenters. The zero-order valence-corrected chi connectivity index (χ0v) is 17.7. The molecule has 1 aliphatic rings. The third kappa shape index (κ3) is 5.44. The minimum Gasteiger partial charge on any atom is -0.352 e. The van der Waals surface area contributed by atoms with Crippen LogP contribution in [0.1, 0.15) is 29.7 Å². The molecule has 4 rings (SSSR count). The average molecular weight is 418 g/mol. The lowest BCUT2D eigenvalue weighted by molar-refractivity contribution is -0.121. The van der Waals surface area contributed by atoms with E-state index >= 15 is 0 Å². The summed E-state index contributed by atoms with van der Waals surface area (Å²) in [6.07, 6.45) is 4.91. The number of H-pyrrole nitrogens is 1. The number of hydrogen-bond acceptors (Lipinski definition) is 5. The number of aromatic amines is 1. The van der Waals surface area contributed by atoms with E-state index in [1.54, 1.807) is 24.5 Å². The van der Waals surface area contributed by atoms with Crippen molar-refractivity contribution in [1.82, 2.24) is 25.2 Å². The van der Waals surface area contributed by atoms with Gasteiger partial charge in [0.1, 0.15) is 5.82 Å². The van der Waals surface area contributed by atoms with Gasteiger partial charge in [-0.15, -0.1) is 0 Å². The van der Waals surface area contributed by atoms with Crippen LogP contribution in [0.5, 0.6) is 0 Å². The molecule has 1 unspecified atom stereocenters. The summed E-state index contributed by atoms with van der Waals surface area (Å²) in [5.74, 6) is 0.492. The first-order chi connectivity index (χ1) is 15.1. The van der Waals surface area contributed by atoms with E-state index in [0.29, 0.717) is 23.5 Å². The van der Waals surface area contributed by atoms with Crippen LogP contribution < -0.4 is 10.9 Å². The number of pyridine rings is 1. The predicted molar refractivity (Wildman–Crippen MR) is 119 cm³/mol. The Kier molecular flexibility index (Phi) is 6.52. The van der Waals surface area contributed by atoms with E-state index in [9.17, 15) is 9.59 Å². The van der Waals surface area contributed by atoms with Gasteiger partial charge in [-0.3, -0.25) is 19.5 Å². The molecular weight excluding hydrogens is 390 g/mol. The molecule has 0 saturated carbocycles. The largest absolute Gasteiger partial charge is 0.352 e. The molecular formula is C24H27N5O2. The number of carbonyl (C=O) groups is 1. The molecule has 2 aromatic heterocycles. The number of aryl methyl sites for hydroxylation is 1. The van der Waals surface area contributed by atoms with Crippen LogP contribution in [0.3, 0.4) is 0 Å². The molecule has 1 fully saturated rings. The first-order valence-electron chi connectivity index (χ1n) is 10.6. The summed E-state index contributed by atoms with van der Waals surface area (Å²) in [5.41, 5.74) is 3.11. The summed E-state index contributed by atoms with van der Waals surface area (Å²) in [5, 5.41) is 3.12. The first-order valence-corrected chi connectivity index (χ1v) is 10.6. The lowest BCUT2D eigenvalue weighted by atomic mass is 10.1. The molecule has 160 valence electrons. The van der Waals surface area contributed by atoms with Gasteiger partial charge in [0.2, 0.25) is 5.91 Å². The van der Waals surface area contributed by atoms with Crippen LogP contribution in [0.4, 0.5) is 0 Å². The van der Waals surface area contributed by atoms with Gasteiger partial charge in [-0.2, -0.15) is 0 Å². The summed E-state index contributed by atoms with van der Waals surface area (Å²) in [6, 6.07) is 14.1. The Labute approximate surface area is 181 Å². The van der Waals surface area contributed by atoms with Crippen molar-refractivity contribution in [2.45, 2.75) is 38.8 Å². The molecule has 2 N–H and O–H groups in total. The summed E-state index contributed by atoms with van der Waals surface area (Å²) in [7, 11) is 0. The first kappa shape index (κ1) is 20.9. The third-order valence-electron chi connectivity index (χ3n) is 5.66. The quantitative estimate of drug-likeness (QED) is 0.616. The highest BCUT2D eigenvalue weighted by Crippen LogP contribution is 2.15. The minimum absolute atomic E-state index is 0.0245. The second-order valence-electron chi connectivity index (χ2n) is 7.99. The zero-order valence-electron chi connectivity index (χ0n) is 17.7. The highest BCUT2D eigenvalue weighted by atomic mass is 16.1. The molecule has 1 amide bonds. The molecule has 0 aliphatic carbocycles. The topological polar surface area (TPSA) is 91.0 Å². The Balaban J connectivity index is 1.30. The van der Waals surface area contributed by atoms with E-state index in [1.165, 1.54) is 5.56 Å². The second kappa shape index (κ2) is 9.66. The van der Waals surface area contributed by atoms with Gasteiger partial charge in [0.15, 0.2) is 0 Å². The van der Waals surface area contributed by atoms with Crippen molar-refractivity contribution in [3.8, 4) is 11.4 Å². The molecule has 0 radical (unpaired) electrons. The monoisotopic (exact) mass is 417 g/mol. The standard InChI is InChI=1S/C24H27N5O2/c1-17-21(24(31)28-23(26-17)19-9-12-25-13-10-19)7-8-22(30)27-20-11-14-29(16-20)15-18-5-3-2-4-6-18/h2-6,9-10,12-13,20H,7-8,11,14-16H2,1H3,(H,27,30)(H,26,28,31). The maximum absolute atomic E-state index is 12.6. The smallest absolute Gasteiger partial charge is 0.254 e. The van der Waals surface area contributed by atoms with E-state index in [-0.39, 0.29) is 23.9 Å². The molecule has 1 aromatic carbocycles. The van der Waals surface area contributed by atoms with Gasteiger partial charge in [0, 0.05) is 61.3 Å². The summed E-state index contributed by atoms with van der Waals surface area (Å²) in [6.45, 7) is 4.53. The van der Waals surface area contributed by atoms with Crippen LogP contribution in [0.2, 0.25) is 0 Å². The van der Waals surface area contributed by atoms with Gasteiger partial charge in [0.25, 0.3) is 5.56 Å². The fraction of sp³-hybridized carbons (Fsp3) is 0.333. The van der Waals surface area contributed by atoms with Crippen LogP contribution in [0.15, 0.2) is 59.7 Å². The van der Waals surface area contributed by atoms with Crippen LogP contribution in [-0.4, -0.2) is 44.9 Å². The van der Waals surface area contributed by atoms with Crippen molar-refractivity contribution in [3.63, 3.8) is 0 Å². The van der Waals surface area contributed by atoms with Crippen molar-refractivity contribution in [2.75, 3.05) is 13.1 Å². The Bertz CT molecular complexity index is 1080. The van der Waals surface area contributed by atoms with Crippen molar-refractivity contribution < 1.29 is 4.79 Å². The lowest BCUT2D eigenvalue weighted by Crippen LogP contribution is -2.37. The van der Waals surface area contributed by atoms with E-state index < -0.39 is 0 Å². The van der Waals surface area contributed by atoms with Crippen LogP contribution >= 0.6 is 0 Å². The van der Waals surface area contributed by atoms with Gasteiger partial charge in [-0.05, 0) is 37.5 Å². The highest BCUT2D eigenvalue weighted by molar-refractivity contribution is 5.76. The molecule has 7 heteroatoms. The van der Waals surface area contributed by atoms with Gasteiger partial charge in [0.05, 0.1) is 0 Å². The normalized spacial score (nSPS) is 16.4. The number of amides is 1. The number of carbonyl (C=O) groups excluding carboxylic acids is 1. The zero-order chi connectivity index (χ0) is 21.6. The van der Waals surface area contributed by atoms with Crippen molar-refractivity contribution in [3.05, 3.63) is 82.0 Å². The molecule has 1 saturated heterocycles. The number of likely N-dealkylation sites (tertiary alicyclic amines) is 1.